The standard InChI is InChI=1S/C20H26ClN3O4S/c1-5-24(6-2)29(26,27)16-8-10-19(28-4)18(12-16)23-20(25)13-22-17-9-7-15(21)11-14(17)3/h7-12,22H,5-6,13H2,1-4H3,(H,23,25). The Kier molecular flexibility index (Phi) is 7.89. The number of carbonyl (C=O) groups is 1. The second-order valence-electron chi connectivity index (χ2n) is 6.31. The number of benzene rings is 2. The Morgan fingerprint density at radius 3 is 2.38 bits per heavy atom. The van der Waals surface area contributed by atoms with Crippen molar-refractivity contribution in [3.63, 3.8) is 0 Å². The second-order valence-corrected chi connectivity index (χ2v) is 8.69. The van der Waals surface area contributed by atoms with Gasteiger partial charge in [-0.15, -0.1) is 0 Å². The van der Waals surface area contributed by atoms with Crippen LogP contribution < -0.4 is 15.4 Å². The molecule has 0 aliphatic rings. The largest absolute Gasteiger partial charge is 0.495 e. The van der Waals surface area contributed by atoms with Crippen LogP contribution in [0, 0.1) is 6.92 Å². The highest BCUT2D eigenvalue weighted by Crippen LogP contribution is 2.29. The number of hydrogen-bond donors (Lipinski definition) is 2. The Morgan fingerprint density at radius 2 is 1.79 bits per heavy atom. The first-order valence-corrected chi connectivity index (χ1v) is 11.0. The van der Waals surface area contributed by atoms with Crippen molar-refractivity contribution in [2.45, 2.75) is 25.7 Å². The molecule has 0 aromatic heterocycles. The third-order valence-corrected chi connectivity index (χ3v) is 6.70. The Morgan fingerprint density at radius 1 is 1.10 bits per heavy atom. The van der Waals surface area contributed by atoms with E-state index in [-0.39, 0.29) is 17.3 Å². The van der Waals surface area contributed by atoms with Crippen molar-refractivity contribution in [1.82, 2.24) is 4.31 Å². The maximum absolute atomic E-state index is 12.8. The molecule has 0 saturated carbocycles. The number of amides is 1. The van der Waals surface area contributed by atoms with E-state index >= 15 is 0 Å². The van der Waals surface area contributed by atoms with Crippen LogP contribution in [0.25, 0.3) is 0 Å². The Hall–Kier alpha value is -2.29. The predicted molar refractivity (Wildman–Crippen MR) is 116 cm³/mol. The first-order chi connectivity index (χ1) is 13.7. The number of ether oxygens (including phenoxy) is 1. The summed E-state index contributed by atoms with van der Waals surface area (Å²) in [7, 11) is -2.19. The van der Waals surface area contributed by atoms with Gasteiger partial charge in [0, 0.05) is 23.8 Å². The molecule has 0 saturated heterocycles. The van der Waals surface area contributed by atoms with Crippen molar-refractivity contribution >= 4 is 38.9 Å². The highest BCUT2D eigenvalue weighted by molar-refractivity contribution is 7.89. The molecule has 2 rings (SSSR count). The summed E-state index contributed by atoms with van der Waals surface area (Å²) in [5, 5.41) is 6.37. The predicted octanol–water partition coefficient (Wildman–Crippen LogP) is 3.74. The molecule has 2 aromatic rings. The van der Waals surface area contributed by atoms with Gasteiger partial charge in [0.25, 0.3) is 0 Å². The zero-order chi connectivity index (χ0) is 21.6. The maximum Gasteiger partial charge on any atom is 0.243 e. The molecule has 7 nitrogen and oxygen atoms in total. The highest BCUT2D eigenvalue weighted by atomic mass is 35.5. The molecule has 1 amide bonds. The number of hydrogen-bond acceptors (Lipinski definition) is 5. The van der Waals surface area contributed by atoms with Gasteiger partial charge < -0.3 is 15.4 Å². The Bertz CT molecular complexity index is 976. The van der Waals surface area contributed by atoms with Crippen molar-refractivity contribution in [2.75, 3.05) is 37.4 Å². The van der Waals surface area contributed by atoms with Crippen molar-refractivity contribution in [3.05, 3.63) is 47.0 Å². The fraction of sp³-hybridized carbons (Fsp3) is 0.350. The Balaban J connectivity index is 2.19. The van der Waals surface area contributed by atoms with Crippen LogP contribution in [-0.2, 0) is 14.8 Å². The summed E-state index contributed by atoms with van der Waals surface area (Å²) >= 11 is 5.94. The van der Waals surface area contributed by atoms with Crippen LogP contribution in [-0.4, -0.2) is 45.4 Å². The highest BCUT2D eigenvalue weighted by Gasteiger charge is 2.23. The maximum atomic E-state index is 12.8. The summed E-state index contributed by atoms with van der Waals surface area (Å²) in [5.41, 5.74) is 1.99. The van der Waals surface area contributed by atoms with Crippen LogP contribution in [0.15, 0.2) is 41.3 Å². The summed E-state index contributed by atoms with van der Waals surface area (Å²) in [5.74, 6) is 0.0366. The number of carbonyl (C=O) groups excluding carboxylic acids is 1. The van der Waals surface area contributed by atoms with E-state index in [4.69, 9.17) is 16.3 Å². The van der Waals surface area contributed by atoms with E-state index in [9.17, 15) is 13.2 Å². The minimum absolute atomic E-state index is 0.00134. The van der Waals surface area contributed by atoms with Gasteiger partial charge in [0.15, 0.2) is 0 Å². The third kappa shape index (κ3) is 5.62. The normalized spacial score (nSPS) is 11.4. The lowest BCUT2D eigenvalue weighted by Gasteiger charge is -2.19. The van der Waals surface area contributed by atoms with Crippen molar-refractivity contribution in [3.8, 4) is 5.75 Å². The molecular weight excluding hydrogens is 414 g/mol. The van der Waals surface area contributed by atoms with E-state index in [1.54, 1.807) is 32.0 Å². The van der Waals surface area contributed by atoms with Gasteiger partial charge in [0.1, 0.15) is 5.75 Å². The summed E-state index contributed by atoms with van der Waals surface area (Å²) < 4.78 is 32.1. The molecule has 0 atom stereocenters. The lowest BCUT2D eigenvalue weighted by molar-refractivity contribution is -0.114. The van der Waals surface area contributed by atoms with E-state index in [0.29, 0.717) is 29.5 Å². The third-order valence-electron chi connectivity index (χ3n) is 4.42. The molecule has 0 radical (unpaired) electrons. The van der Waals surface area contributed by atoms with Gasteiger partial charge in [-0.25, -0.2) is 8.42 Å². The smallest absolute Gasteiger partial charge is 0.243 e. The van der Waals surface area contributed by atoms with Crippen LogP contribution in [0.4, 0.5) is 11.4 Å². The molecule has 158 valence electrons. The Labute approximate surface area is 177 Å². The van der Waals surface area contributed by atoms with Gasteiger partial charge >= 0.3 is 0 Å². The van der Waals surface area contributed by atoms with Crippen LogP contribution in [0.1, 0.15) is 19.4 Å². The van der Waals surface area contributed by atoms with E-state index in [1.807, 2.05) is 6.92 Å². The topological polar surface area (TPSA) is 87.7 Å². The van der Waals surface area contributed by atoms with Gasteiger partial charge in [-0.1, -0.05) is 25.4 Å². The van der Waals surface area contributed by atoms with Gasteiger partial charge in [0.2, 0.25) is 15.9 Å². The average molecular weight is 440 g/mol. The number of rotatable bonds is 9. The summed E-state index contributed by atoms with van der Waals surface area (Å²) in [4.78, 5) is 12.5. The van der Waals surface area contributed by atoms with Crippen LogP contribution in [0.3, 0.4) is 0 Å². The number of nitrogens with one attached hydrogen (secondary N) is 2. The zero-order valence-electron chi connectivity index (χ0n) is 17.0. The molecule has 0 aliphatic heterocycles. The number of anilines is 2. The fourth-order valence-corrected chi connectivity index (χ4v) is 4.56. The molecule has 2 aromatic carbocycles. The van der Waals surface area contributed by atoms with E-state index in [2.05, 4.69) is 10.6 Å². The lowest BCUT2D eigenvalue weighted by Crippen LogP contribution is -2.30. The molecular formula is C20H26ClN3O4S. The van der Waals surface area contributed by atoms with Crippen LogP contribution >= 0.6 is 11.6 Å². The fourth-order valence-electron chi connectivity index (χ4n) is 2.85. The zero-order valence-corrected chi connectivity index (χ0v) is 18.5. The first kappa shape index (κ1) is 23.0. The summed E-state index contributed by atoms with van der Waals surface area (Å²) in [6, 6.07) is 9.74. The number of aryl methyl sites for hydroxylation is 1. The SMILES string of the molecule is CCN(CC)S(=O)(=O)c1ccc(OC)c(NC(=O)CNc2ccc(Cl)cc2C)c1. The summed E-state index contributed by atoms with van der Waals surface area (Å²) in [6.45, 7) is 6.15. The first-order valence-electron chi connectivity index (χ1n) is 9.21. The molecule has 0 unspecified atom stereocenters. The molecule has 29 heavy (non-hydrogen) atoms. The molecule has 0 aliphatic carbocycles. The van der Waals surface area contributed by atoms with E-state index in [1.165, 1.54) is 29.6 Å². The number of methoxy groups -OCH3 is 1. The minimum Gasteiger partial charge on any atom is -0.495 e. The van der Waals surface area contributed by atoms with Crippen molar-refractivity contribution < 1.29 is 17.9 Å². The van der Waals surface area contributed by atoms with E-state index in [0.717, 1.165) is 11.3 Å². The van der Waals surface area contributed by atoms with Crippen molar-refractivity contribution in [2.24, 2.45) is 0 Å². The molecule has 0 bridgehead atoms. The van der Waals surface area contributed by atoms with Gasteiger partial charge in [-0.2, -0.15) is 4.31 Å². The quantitative estimate of drug-likeness (QED) is 0.621. The lowest BCUT2D eigenvalue weighted by atomic mass is 10.2. The van der Waals surface area contributed by atoms with Crippen LogP contribution in [0.2, 0.25) is 5.02 Å². The minimum atomic E-state index is -3.65. The number of halogens is 1. The summed E-state index contributed by atoms with van der Waals surface area (Å²) in [6.07, 6.45) is 0. The van der Waals surface area contributed by atoms with Gasteiger partial charge in [-0.05, 0) is 48.9 Å². The monoisotopic (exact) mass is 439 g/mol. The van der Waals surface area contributed by atoms with Crippen molar-refractivity contribution in [1.29, 1.82) is 0 Å². The average Bonchev–Trinajstić information content (AvgIpc) is 2.68. The van der Waals surface area contributed by atoms with Crippen LogP contribution in [0.5, 0.6) is 5.75 Å². The molecule has 0 spiro atoms. The van der Waals surface area contributed by atoms with Gasteiger partial charge in [-0.3, -0.25) is 4.79 Å². The van der Waals surface area contributed by atoms with Gasteiger partial charge in [0.05, 0.1) is 24.2 Å². The molecule has 2 N–H and O–H groups in total. The van der Waals surface area contributed by atoms with E-state index < -0.39 is 10.0 Å². The second kappa shape index (κ2) is 9.96. The number of nitrogens with zero attached hydrogens (tertiary/aromatic N) is 1. The molecule has 0 fully saturated rings. The molecule has 0 heterocycles. The molecule has 9 heteroatoms. The number of sulfonamides is 1.